The van der Waals surface area contributed by atoms with Crippen LogP contribution in [-0.2, 0) is 15.5 Å². The summed E-state index contributed by atoms with van der Waals surface area (Å²) >= 11 is 0. The number of benzene rings is 3. The van der Waals surface area contributed by atoms with Gasteiger partial charge >= 0.3 is 15.6 Å². The lowest BCUT2D eigenvalue weighted by molar-refractivity contribution is -0.0500. The van der Waals surface area contributed by atoms with E-state index in [0.29, 0.717) is 5.39 Å². The van der Waals surface area contributed by atoms with Gasteiger partial charge in [-0.3, -0.25) is 4.79 Å². The van der Waals surface area contributed by atoms with Gasteiger partial charge in [0.2, 0.25) is 0 Å². The van der Waals surface area contributed by atoms with E-state index >= 15 is 0 Å². The number of rotatable bonds is 4. The van der Waals surface area contributed by atoms with Gasteiger partial charge in [0.25, 0.3) is 0 Å². The summed E-state index contributed by atoms with van der Waals surface area (Å²) in [6.45, 7) is 6.27. The largest absolute Gasteiger partial charge is 0.534 e. The minimum absolute atomic E-state index is 0.0296. The van der Waals surface area contributed by atoms with E-state index in [4.69, 9.17) is 0 Å². The average molecular weight is 436 g/mol. The molecule has 0 saturated carbocycles. The summed E-state index contributed by atoms with van der Waals surface area (Å²) < 4.78 is 64.9. The van der Waals surface area contributed by atoms with Gasteiger partial charge < -0.3 is 4.18 Å². The zero-order chi connectivity index (χ0) is 22.3. The van der Waals surface area contributed by atoms with Crippen LogP contribution >= 0.6 is 0 Å². The van der Waals surface area contributed by atoms with Crippen LogP contribution in [0, 0.1) is 0 Å². The summed E-state index contributed by atoms with van der Waals surface area (Å²) in [4.78, 5) is 11.6. The van der Waals surface area contributed by atoms with Crippen molar-refractivity contribution in [2.75, 3.05) is 0 Å². The standard InChI is InChI=1S/C22H19F3O4S/c1-21(2,3)15-9-7-14(8-10-15)16-5-4-6-17-18(16)11-12-20(19(17)13-26)29-30(27,28)22(23,24)25/h4-13H,1-3H3. The van der Waals surface area contributed by atoms with Gasteiger partial charge in [-0.2, -0.15) is 21.6 Å². The summed E-state index contributed by atoms with van der Waals surface area (Å²) in [6, 6.07) is 15.3. The first-order valence-electron chi connectivity index (χ1n) is 8.98. The second kappa shape index (κ2) is 7.43. The van der Waals surface area contributed by atoms with Crippen molar-refractivity contribution in [3.05, 3.63) is 65.7 Å². The molecule has 158 valence electrons. The van der Waals surface area contributed by atoms with Crippen LogP contribution in [-0.4, -0.2) is 20.2 Å². The van der Waals surface area contributed by atoms with Crippen molar-refractivity contribution in [1.29, 1.82) is 0 Å². The summed E-state index contributed by atoms with van der Waals surface area (Å²) in [5.74, 6) is -0.671. The van der Waals surface area contributed by atoms with E-state index in [9.17, 15) is 26.4 Å². The quantitative estimate of drug-likeness (QED) is 0.293. The third-order valence-corrected chi connectivity index (χ3v) is 5.69. The number of fused-ring (bicyclic) bond motifs is 1. The van der Waals surface area contributed by atoms with Crippen molar-refractivity contribution in [1.82, 2.24) is 0 Å². The Kier molecular flexibility index (Phi) is 5.41. The fraction of sp³-hybridized carbons (Fsp3) is 0.227. The molecule has 3 aromatic carbocycles. The highest BCUT2D eigenvalue weighted by atomic mass is 32.2. The maximum Gasteiger partial charge on any atom is 0.534 e. The molecule has 0 heterocycles. The molecule has 0 aliphatic carbocycles. The molecule has 0 radical (unpaired) electrons. The van der Waals surface area contributed by atoms with E-state index in [1.807, 2.05) is 30.3 Å². The Morgan fingerprint density at radius 1 is 0.867 bits per heavy atom. The van der Waals surface area contributed by atoms with Crippen molar-refractivity contribution in [3.8, 4) is 16.9 Å². The summed E-state index contributed by atoms with van der Waals surface area (Å²) in [5.41, 5.74) is -3.17. The Labute approximate surface area is 172 Å². The molecule has 0 unspecified atom stereocenters. The Balaban J connectivity index is 2.14. The number of hydrogen-bond acceptors (Lipinski definition) is 4. The molecular formula is C22H19F3O4S. The van der Waals surface area contributed by atoms with Gasteiger partial charge in [-0.1, -0.05) is 63.2 Å². The lowest BCUT2D eigenvalue weighted by Crippen LogP contribution is -2.28. The van der Waals surface area contributed by atoms with E-state index in [2.05, 4.69) is 25.0 Å². The lowest BCUT2D eigenvalue weighted by atomic mass is 9.86. The molecule has 3 rings (SSSR count). The SMILES string of the molecule is CC(C)(C)c1ccc(-c2cccc3c(C=O)c(OS(=O)(=O)C(F)(F)F)ccc23)cc1. The van der Waals surface area contributed by atoms with Crippen LogP contribution in [0.1, 0.15) is 36.7 Å². The highest BCUT2D eigenvalue weighted by molar-refractivity contribution is 7.88. The topological polar surface area (TPSA) is 60.4 Å². The van der Waals surface area contributed by atoms with Gasteiger partial charge in [0.15, 0.2) is 12.0 Å². The van der Waals surface area contributed by atoms with Crippen molar-refractivity contribution >= 4 is 27.2 Å². The van der Waals surface area contributed by atoms with Gasteiger partial charge in [-0.25, -0.2) is 0 Å². The van der Waals surface area contributed by atoms with Crippen molar-refractivity contribution in [2.24, 2.45) is 0 Å². The molecule has 0 fully saturated rings. The smallest absolute Gasteiger partial charge is 0.375 e. The first kappa shape index (κ1) is 21.8. The van der Waals surface area contributed by atoms with Crippen LogP contribution < -0.4 is 4.18 Å². The summed E-state index contributed by atoms with van der Waals surface area (Å²) in [7, 11) is -5.89. The maximum atomic E-state index is 12.7. The van der Waals surface area contributed by atoms with Crippen LogP contribution in [0.2, 0.25) is 0 Å². The molecule has 0 amide bonds. The monoisotopic (exact) mass is 436 g/mol. The summed E-state index contributed by atoms with van der Waals surface area (Å²) in [6.07, 6.45) is 0.288. The fourth-order valence-electron chi connectivity index (χ4n) is 3.12. The molecule has 4 nitrogen and oxygen atoms in total. The lowest BCUT2D eigenvalue weighted by Gasteiger charge is -2.19. The molecular weight excluding hydrogens is 417 g/mol. The molecule has 0 aliphatic heterocycles. The first-order chi connectivity index (χ1) is 13.8. The number of hydrogen-bond donors (Lipinski definition) is 0. The number of halogens is 3. The third kappa shape index (κ3) is 4.05. The van der Waals surface area contributed by atoms with Crippen LogP contribution in [0.4, 0.5) is 13.2 Å². The Hall–Kier alpha value is -2.87. The van der Waals surface area contributed by atoms with Crippen molar-refractivity contribution in [2.45, 2.75) is 31.7 Å². The highest BCUT2D eigenvalue weighted by Gasteiger charge is 2.48. The van der Waals surface area contributed by atoms with Crippen LogP contribution in [0.25, 0.3) is 21.9 Å². The van der Waals surface area contributed by atoms with Crippen LogP contribution in [0.15, 0.2) is 54.6 Å². The van der Waals surface area contributed by atoms with Gasteiger partial charge in [-0.15, -0.1) is 0 Å². The van der Waals surface area contributed by atoms with Gasteiger partial charge in [0, 0.05) is 0 Å². The number of aldehydes is 1. The zero-order valence-corrected chi connectivity index (χ0v) is 17.3. The molecule has 0 aromatic heterocycles. The van der Waals surface area contributed by atoms with E-state index in [0.717, 1.165) is 22.8 Å². The van der Waals surface area contributed by atoms with Crippen molar-refractivity contribution < 1.29 is 30.6 Å². The molecule has 0 saturated heterocycles. The predicted octanol–water partition coefficient (Wildman–Crippen LogP) is 5.85. The Morgan fingerprint density at radius 2 is 1.50 bits per heavy atom. The number of carbonyl (C=O) groups is 1. The van der Waals surface area contributed by atoms with Gasteiger partial charge in [0.1, 0.15) is 0 Å². The van der Waals surface area contributed by atoms with Crippen molar-refractivity contribution in [3.63, 3.8) is 0 Å². The van der Waals surface area contributed by atoms with Gasteiger partial charge in [0.05, 0.1) is 5.56 Å². The number of carbonyl (C=O) groups excluding carboxylic acids is 1. The first-order valence-corrected chi connectivity index (χ1v) is 10.4. The van der Waals surface area contributed by atoms with E-state index in [1.54, 1.807) is 6.07 Å². The number of alkyl halides is 3. The highest BCUT2D eigenvalue weighted by Crippen LogP contribution is 2.36. The normalized spacial score (nSPS) is 12.7. The van der Waals surface area contributed by atoms with Crippen LogP contribution in [0.3, 0.4) is 0 Å². The minimum atomic E-state index is -5.89. The van der Waals surface area contributed by atoms with Gasteiger partial charge in [-0.05, 0) is 45.0 Å². The molecule has 0 spiro atoms. The van der Waals surface area contributed by atoms with Crippen LogP contribution in [0.5, 0.6) is 5.75 Å². The fourth-order valence-corrected chi connectivity index (χ4v) is 3.60. The van der Waals surface area contributed by atoms with E-state index in [1.165, 1.54) is 12.1 Å². The predicted molar refractivity (Wildman–Crippen MR) is 109 cm³/mol. The molecule has 0 aliphatic rings. The second-order valence-corrected chi connectivity index (χ2v) is 9.34. The van der Waals surface area contributed by atoms with E-state index in [-0.39, 0.29) is 22.7 Å². The minimum Gasteiger partial charge on any atom is -0.375 e. The summed E-state index contributed by atoms with van der Waals surface area (Å²) in [5, 5.41) is 0.872. The average Bonchev–Trinajstić information content (AvgIpc) is 2.65. The third-order valence-electron chi connectivity index (χ3n) is 4.73. The molecule has 30 heavy (non-hydrogen) atoms. The maximum absolute atomic E-state index is 12.7. The second-order valence-electron chi connectivity index (χ2n) is 7.81. The molecule has 0 bridgehead atoms. The molecule has 3 aromatic rings. The Bertz CT molecular complexity index is 1210. The molecule has 0 atom stereocenters. The van der Waals surface area contributed by atoms with E-state index < -0.39 is 21.4 Å². The molecule has 0 N–H and O–H groups in total. The molecule has 8 heteroatoms. The Morgan fingerprint density at radius 3 is 2.03 bits per heavy atom. The zero-order valence-electron chi connectivity index (χ0n) is 16.4.